The molecule has 4 atom stereocenters. The second-order valence-electron chi connectivity index (χ2n) is 7.64. The number of primary amides is 1. The van der Waals surface area contributed by atoms with Gasteiger partial charge in [0, 0.05) is 15.6 Å². The van der Waals surface area contributed by atoms with Gasteiger partial charge >= 0.3 is 6.03 Å². The number of benzene rings is 1. The summed E-state index contributed by atoms with van der Waals surface area (Å²) in [5.41, 5.74) is 7.92. The van der Waals surface area contributed by atoms with Gasteiger partial charge in [-0.1, -0.05) is 25.4 Å². The molecule has 0 aliphatic heterocycles. The third kappa shape index (κ3) is 3.21. The largest absolute Gasteiger partial charge is 0.365 e. The summed E-state index contributed by atoms with van der Waals surface area (Å²) in [6.45, 7) is 4.46. The van der Waals surface area contributed by atoms with Crippen LogP contribution in [0.3, 0.4) is 0 Å². The number of carbonyl (C=O) groups is 2. The fourth-order valence-electron chi connectivity index (χ4n) is 4.62. The zero-order valence-electron chi connectivity index (χ0n) is 15.2. The van der Waals surface area contributed by atoms with Gasteiger partial charge in [-0.25, -0.2) is 4.79 Å². The molecule has 27 heavy (non-hydrogen) atoms. The number of halogens is 1. The minimum absolute atomic E-state index is 0.356. The number of rotatable bonds is 3. The summed E-state index contributed by atoms with van der Waals surface area (Å²) >= 11 is 7.37. The number of hydrogen-bond donors (Lipinski definition) is 3. The Balaban J connectivity index is 1.64. The molecule has 1 aromatic carbocycles. The van der Waals surface area contributed by atoms with Crippen LogP contribution in [0.1, 0.15) is 59.3 Å². The fourth-order valence-corrected chi connectivity index (χ4v) is 6.16. The van der Waals surface area contributed by atoms with E-state index < -0.39 is 11.9 Å². The molecule has 2 bridgehead atoms. The van der Waals surface area contributed by atoms with Gasteiger partial charge in [0.1, 0.15) is 5.00 Å². The van der Waals surface area contributed by atoms with Gasteiger partial charge in [0.15, 0.2) is 0 Å². The van der Waals surface area contributed by atoms with Crippen molar-refractivity contribution in [3.8, 4) is 0 Å². The van der Waals surface area contributed by atoms with Crippen LogP contribution in [0.2, 0.25) is 5.02 Å². The van der Waals surface area contributed by atoms with Gasteiger partial charge in [0.05, 0.1) is 5.56 Å². The number of thiophene rings is 1. The summed E-state index contributed by atoms with van der Waals surface area (Å²) in [5, 5.41) is 6.75. The van der Waals surface area contributed by atoms with E-state index in [1.54, 1.807) is 24.3 Å². The molecular formula is C20H22ClN3O2S. The second kappa shape index (κ2) is 6.84. The lowest BCUT2D eigenvalue weighted by Gasteiger charge is -2.27. The summed E-state index contributed by atoms with van der Waals surface area (Å²) in [5.74, 6) is 1.45. The quantitative estimate of drug-likeness (QED) is 0.641. The summed E-state index contributed by atoms with van der Waals surface area (Å²) < 4.78 is 0. The Labute approximate surface area is 167 Å². The fraction of sp³-hybridized carbons (Fsp3) is 0.400. The van der Waals surface area contributed by atoms with E-state index in [9.17, 15) is 9.59 Å². The molecule has 0 radical (unpaired) electrons. The monoisotopic (exact) mass is 403 g/mol. The molecular weight excluding hydrogens is 382 g/mol. The van der Waals surface area contributed by atoms with Gasteiger partial charge in [-0.15, -0.1) is 11.3 Å². The molecule has 0 spiro atoms. The first kappa shape index (κ1) is 18.3. The van der Waals surface area contributed by atoms with Crippen LogP contribution in [0.15, 0.2) is 24.3 Å². The highest BCUT2D eigenvalue weighted by atomic mass is 35.5. The van der Waals surface area contributed by atoms with Crippen LogP contribution in [0.5, 0.6) is 0 Å². The molecule has 0 saturated heterocycles. The maximum absolute atomic E-state index is 12.5. The van der Waals surface area contributed by atoms with Crippen LogP contribution in [0.4, 0.5) is 15.5 Å². The van der Waals surface area contributed by atoms with E-state index in [0.29, 0.717) is 44.9 Å². The highest BCUT2D eigenvalue weighted by Gasteiger charge is 2.45. The second-order valence-corrected chi connectivity index (χ2v) is 9.13. The van der Waals surface area contributed by atoms with Crippen molar-refractivity contribution in [2.45, 2.75) is 38.5 Å². The van der Waals surface area contributed by atoms with Crippen LogP contribution in [0.25, 0.3) is 0 Å². The predicted molar refractivity (Wildman–Crippen MR) is 110 cm³/mol. The first-order chi connectivity index (χ1) is 12.8. The molecule has 4 rings (SSSR count). The van der Waals surface area contributed by atoms with Crippen molar-refractivity contribution in [3.05, 3.63) is 45.3 Å². The number of anilines is 2. The lowest BCUT2D eigenvalue weighted by Crippen LogP contribution is -2.23. The molecule has 1 aromatic heterocycles. The van der Waals surface area contributed by atoms with Crippen molar-refractivity contribution in [1.29, 1.82) is 0 Å². The molecule has 1 saturated carbocycles. The van der Waals surface area contributed by atoms with Gasteiger partial charge in [0.25, 0.3) is 5.91 Å². The van der Waals surface area contributed by atoms with Crippen LogP contribution < -0.4 is 16.4 Å². The zero-order valence-corrected chi connectivity index (χ0v) is 16.8. The molecule has 4 N–H and O–H groups in total. The Hall–Kier alpha value is -2.05. The lowest BCUT2D eigenvalue weighted by molar-refractivity contribution is 0.0999. The molecule has 1 heterocycles. The highest BCUT2D eigenvalue weighted by molar-refractivity contribution is 7.17. The van der Waals surface area contributed by atoms with Crippen LogP contribution in [-0.4, -0.2) is 11.9 Å². The van der Waals surface area contributed by atoms with Gasteiger partial charge in [0.2, 0.25) is 0 Å². The van der Waals surface area contributed by atoms with E-state index in [1.807, 2.05) is 0 Å². The van der Waals surface area contributed by atoms with E-state index in [4.69, 9.17) is 17.3 Å². The molecule has 2 aromatic rings. The van der Waals surface area contributed by atoms with E-state index >= 15 is 0 Å². The van der Waals surface area contributed by atoms with Gasteiger partial charge in [-0.3, -0.25) is 10.1 Å². The molecule has 2 aliphatic rings. The third-order valence-corrected chi connectivity index (χ3v) is 7.53. The number of fused-ring (bicyclic) bond motifs is 4. The van der Waals surface area contributed by atoms with Crippen LogP contribution >= 0.6 is 22.9 Å². The number of nitrogens with two attached hydrogens (primary N) is 1. The third-order valence-electron chi connectivity index (χ3n) is 5.96. The number of hydrogen-bond acceptors (Lipinski definition) is 3. The first-order valence-corrected chi connectivity index (χ1v) is 10.3. The lowest BCUT2D eigenvalue weighted by atomic mass is 9.78. The van der Waals surface area contributed by atoms with Crippen LogP contribution in [0, 0.1) is 11.8 Å². The first-order valence-electron chi connectivity index (χ1n) is 9.15. The van der Waals surface area contributed by atoms with E-state index in [-0.39, 0.29) is 0 Å². The zero-order chi connectivity index (χ0) is 19.3. The Morgan fingerprint density at radius 1 is 1.15 bits per heavy atom. The Morgan fingerprint density at radius 3 is 2.52 bits per heavy atom. The van der Waals surface area contributed by atoms with Crippen molar-refractivity contribution in [1.82, 2.24) is 0 Å². The molecule has 2 unspecified atom stereocenters. The maximum atomic E-state index is 12.5. The van der Waals surface area contributed by atoms with E-state index in [0.717, 1.165) is 12.0 Å². The van der Waals surface area contributed by atoms with Gasteiger partial charge in [-0.05, 0) is 66.3 Å². The Kier molecular flexibility index (Phi) is 4.64. The van der Waals surface area contributed by atoms with Gasteiger partial charge < -0.3 is 11.1 Å². The molecule has 3 amide bonds. The number of amides is 3. The van der Waals surface area contributed by atoms with E-state index in [2.05, 4.69) is 24.5 Å². The van der Waals surface area contributed by atoms with Gasteiger partial charge in [-0.2, -0.15) is 0 Å². The van der Waals surface area contributed by atoms with Crippen molar-refractivity contribution in [2.75, 3.05) is 10.6 Å². The smallest absolute Gasteiger partial charge is 0.324 e. The minimum Gasteiger partial charge on any atom is -0.365 e. The summed E-state index contributed by atoms with van der Waals surface area (Å²) in [6, 6.07) is 6.45. The molecule has 7 heteroatoms. The molecule has 2 aliphatic carbocycles. The maximum Gasteiger partial charge on any atom is 0.324 e. The van der Waals surface area contributed by atoms with Crippen LogP contribution in [-0.2, 0) is 0 Å². The summed E-state index contributed by atoms with van der Waals surface area (Å²) in [4.78, 5) is 25.9. The average Bonchev–Trinajstić information content (AvgIpc) is 3.14. The normalized spacial score (nSPS) is 25.7. The number of carbonyl (C=O) groups excluding carboxylic acids is 2. The Morgan fingerprint density at radius 2 is 1.85 bits per heavy atom. The van der Waals surface area contributed by atoms with Crippen molar-refractivity contribution < 1.29 is 9.59 Å². The van der Waals surface area contributed by atoms with E-state index in [1.165, 1.54) is 22.6 Å². The SMILES string of the molecule is CC1c2sc(NC(=O)Nc3ccc(Cl)cc3)c(C(N)=O)c2[C@@H]2C[C@@H]1CC2C. The Bertz CT molecular complexity index is 909. The predicted octanol–water partition coefficient (Wildman–Crippen LogP) is 5.39. The summed E-state index contributed by atoms with van der Waals surface area (Å²) in [7, 11) is 0. The number of urea groups is 1. The molecule has 1 fully saturated rings. The minimum atomic E-state index is -0.473. The molecule has 142 valence electrons. The van der Waals surface area contributed by atoms with Crippen molar-refractivity contribution in [3.63, 3.8) is 0 Å². The summed E-state index contributed by atoms with van der Waals surface area (Å²) in [6.07, 6.45) is 2.29. The topological polar surface area (TPSA) is 84.2 Å². The van der Waals surface area contributed by atoms with Crippen molar-refractivity contribution in [2.24, 2.45) is 17.6 Å². The highest BCUT2D eigenvalue weighted by Crippen LogP contribution is 2.59. The average molecular weight is 404 g/mol. The number of nitrogens with one attached hydrogen (secondary N) is 2. The van der Waals surface area contributed by atoms with Crippen molar-refractivity contribution >= 4 is 45.6 Å². The molecule has 5 nitrogen and oxygen atoms in total. The standard InChI is InChI=1S/C20H22ClN3O2S/c1-9-7-11-8-14(9)15-16(18(22)25)19(27-17(15)10(11)2)24-20(26)23-13-5-3-12(21)4-6-13/h3-6,9-11,14H,7-8H2,1-2H3,(H2,22,25)(H2,23,24,26)/t9?,10?,11-,14+/m0/s1.